The topological polar surface area (TPSA) is 50.2 Å². The van der Waals surface area contributed by atoms with Gasteiger partial charge in [0.2, 0.25) is 5.78 Å². The van der Waals surface area contributed by atoms with Crippen LogP contribution in [0.15, 0.2) is 54.7 Å². The summed E-state index contributed by atoms with van der Waals surface area (Å²) in [6.07, 6.45) is 4.07. The normalized spacial score (nSPS) is 21.2. The first-order valence-electron chi connectivity index (χ1n) is 10.0. The highest BCUT2D eigenvalue weighted by molar-refractivity contribution is 7.18. The minimum Gasteiger partial charge on any atom is -0.360 e. The van der Waals surface area contributed by atoms with Crippen LogP contribution < -0.4 is 4.90 Å². The van der Waals surface area contributed by atoms with Crippen LogP contribution in [0.2, 0.25) is 0 Å². The van der Waals surface area contributed by atoms with Crippen LogP contribution in [-0.4, -0.2) is 34.9 Å². The number of nitrogens with zero attached hydrogens (tertiary/aromatic N) is 1. The highest BCUT2D eigenvalue weighted by Gasteiger charge is 2.33. The van der Waals surface area contributed by atoms with Gasteiger partial charge in [0, 0.05) is 41.4 Å². The van der Waals surface area contributed by atoms with Gasteiger partial charge in [0.15, 0.2) is 0 Å². The van der Waals surface area contributed by atoms with Gasteiger partial charge in [-0.1, -0.05) is 30.3 Å². The van der Waals surface area contributed by atoms with Crippen LogP contribution in [0.3, 0.4) is 0 Å². The molecule has 1 aliphatic rings. The number of rotatable bonds is 4. The van der Waals surface area contributed by atoms with Crippen molar-refractivity contribution in [3.8, 4) is 0 Å². The second-order valence-electron chi connectivity index (χ2n) is 7.79. The highest BCUT2D eigenvalue weighted by atomic mass is 32.1. The van der Waals surface area contributed by atoms with Gasteiger partial charge in [0.25, 0.3) is 0 Å². The number of fused-ring (bicyclic) bond motifs is 2. The number of hydrogen-bond acceptors (Lipinski definition) is 3. The summed E-state index contributed by atoms with van der Waals surface area (Å²) in [5.41, 5.74) is 2.96. The number of thiazole rings is 1. The molecule has 2 N–H and O–H groups in total. The maximum atomic E-state index is 13.1. The molecule has 0 saturated carbocycles. The van der Waals surface area contributed by atoms with Crippen molar-refractivity contribution in [2.24, 2.45) is 0 Å². The third-order valence-corrected chi connectivity index (χ3v) is 7.35. The number of ketones is 1. The zero-order valence-corrected chi connectivity index (χ0v) is 16.8. The Balaban J connectivity index is 1.29. The lowest BCUT2D eigenvalue weighted by molar-refractivity contribution is -0.918. The number of likely N-dealkylation sites (tertiary alicyclic amines) is 1. The second-order valence-corrected chi connectivity index (χ2v) is 8.85. The van der Waals surface area contributed by atoms with Crippen molar-refractivity contribution in [3.63, 3.8) is 0 Å². The van der Waals surface area contributed by atoms with Crippen molar-refractivity contribution in [1.82, 2.24) is 9.97 Å². The molecule has 0 aliphatic carbocycles. The van der Waals surface area contributed by atoms with Crippen LogP contribution in [0.4, 0.5) is 0 Å². The fourth-order valence-corrected chi connectivity index (χ4v) is 5.56. The minimum absolute atomic E-state index is 0.0180. The van der Waals surface area contributed by atoms with Crippen molar-refractivity contribution in [2.75, 3.05) is 13.1 Å². The van der Waals surface area contributed by atoms with E-state index in [0.717, 1.165) is 47.9 Å². The number of para-hydroxylation sites is 2. The van der Waals surface area contributed by atoms with Gasteiger partial charge in [0.05, 0.1) is 28.3 Å². The van der Waals surface area contributed by atoms with Crippen molar-refractivity contribution < 1.29 is 9.69 Å². The molecule has 28 heavy (non-hydrogen) atoms. The first kappa shape index (κ1) is 17.6. The van der Waals surface area contributed by atoms with Gasteiger partial charge < -0.3 is 9.88 Å². The number of H-pyrrole nitrogens is 1. The summed E-state index contributed by atoms with van der Waals surface area (Å²) < 4.78 is 1.27. The summed E-state index contributed by atoms with van der Waals surface area (Å²) in [7, 11) is 0. The fraction of sp³-hybridized carbons (Fsp3) is 0.304. The lowest BCUT2D eigenvalue weighted by Gasteiger charge is -2.31. The molecule has 2 aromatic carbocycles. The van der Waals surface area contributed by atoms with E-state index in [-0.39, 0.29) is 11.8 Å². The third-order valence-electron chi connectivity index (χ3n) is 6.15. The Labute approximate surface area is 168 Å². The smallest absolute Gasteiger partial charge is 0.221 e. The van der Waals surface area contributed by atoms with Crippen molar-refractivity contribution >= 4 is 38.2 Å². The van der Waals surface area contributed by atoms with Gasteiger partial charge in [-0.05, 0) is 25.1 Å². The molecule has 142 valence electrons. The maximum absolute atomic E-state index is 13.1. The second kappa shape index (κ2) is 7.15. The molecule has 1 fully saturated rings. The summed E-state index contributed by atoms with van der Waals surface area (Å²) in [6.45, 7) is 4.13. The van der Waals surface area contributed by atoms with E-state index in [2.05, 4.69) is 36.2 Å². The quantitative estimate of drug-likeness (QED) is 0.521. The van der Waals surface area contributed by atoms with Crippen LogP contribution in [0.5, 0.6) is 0 Å². The average molecular weight is 391 g/mol. The summed E-state index contributed by atoms with van der Waals surface area (Å²) >= 11 is 1.83. The molecule has 0 unspecified atom stereocenters. The molecule has 5 heteroatoms. The average Bonchev–Trinajstić information content (AvgIpc) is 3.37. The van der Waals surface area contributed by atoms with Gasteiger partial charge in [0.1, 0.15) is 6.04 Å². The number of quaternary nitrogens is 1. The van der Waals surface area contributed by atoms with Crippen LogP contribution in [0.1, 0.15) is 41.0 Å². The summed E-state index contributed by atoms with van der Waals surface area (Å²) in [5.74, 6) is 0.766. The Morgan fingerprint density at radius 2 is 1.89 bits per heavy atom. The van der Waals surface area contributed by atoms with E-state index in [1.54, 1.807) is 0 Å². The number of aromatic amines is 1. The van der Waals surface area contributed by atoms with Crippen LogP contribution in [0.25, 0.3) is 21.1 Å². The van der Waals surface area contributed by atoms with Crippen molar-refractivity contribution in [3.05, 3.63) is 65.3 Å². The van der Waals surface area contributed by atoms with E-state index in [1.807, 2.05) is 41.8 Å². The van der Waals surface area contributed by atoms with Crippen LogP contribution in [0, 0.1) is 0 Å². The molecule has 0 spiro atoms. The fourth-order valence-electron chi connectivity index (χ4n) is 4.43. The molecule has 4 aromatic rings. The Morgan fingerprint density at radius 3 is 2.71 bits per heavy atom. The molecule has 0 amide bonds. The van der Waals surface area contributed by atoms with Gasteiger partial charge in [-0.25, -0.2) is 4.98 Å². The molecular formula is C23H24N3OS+. The summed E-state index contributed by atoms with van der Waals surface area (Å²) in [6, 6.07) is 16.4. The van der Waals surface area contributed by atoms with Crippen molar-refractivity contribution in [1.29, 1.82) is 0 Å². The molecule has 1 atom stereocenters. The highest BCUT2D eigenvalue weighted by Crippen LogP contribution is 2.31. The zero-order chi connectivity index (χ0) is 19.1. The summed E-state index contributed by atoms with van der Waals surface area (Å²) in [5, 5.41) is 2.29. The summed E-state index contributed by atoms with van der Waals surface area (Å²) in [4.78, 5) is 22.6. The molecule has 1 aliphatic heterocycles. The van der Waals surface area contributed by atoms with E-state index in [1.165, 1.54) is 14.6 Å². The first-order valence-corrected chi connectivity index (χ1v) is 10.8. The van der Waals surface area contributed by atoms with E-state index in [0.29, 0.717) is 5.92 Å². The standard InChI is InChI=1S/C23H23N3OS/c1-15(22(27)18-14-24-19-7-3-2-6-17(18)19)26-12-10-16(11-13-26)23-25-20-8-4-5-9-21(20)28-23/h2-9,14-16,24H,10-13H2,1H3/p+1/t15-/m0/s1. The number of aromatic nitrogens is 2. The Morgan fingerprint density at radius 1 is 1.14 bits per heavy atom. The number of piperidine rings is 1. The molecule has 3 heterocycles. The Kier molecular flexibility index (Phi) is 4.49. The SMILES string of the molecule is C[C@@H](C(=O)c1c[nH]c2ccccc12)[NH+]1CCC(c2nc3ccccc3s2)CC1. The molecule has 2 aromatic heterocycles. The third kappa shape index (κ3) is 3.05. The van der Waals surface area contributed by atoms with Gasteiger partial charge in [-0.3, -0.25) is 4.79 Å². The van der Waals surface area contributed by atoms with Crippen molar-refractivity contribution in [2.45, 2.75) is 31.7 Å². The number of nitrogens with one attached hydrogen (secondary N) is 2. The molecule has 0 radical (unpaired) electrons. The zero-order valence-electron chi connectivity index (χ0n) is 15.9. The number of Topliss-reactive ketones (excluding diaryl/α,β-unsaturated/α-hetero) is 1. The molecule has 5 rings (SSSR count). The molecule has 0 bridgehead atoms. The molecule has 1 saturated heterocycles. The number of benzene rings is 2. The maximum Gasteiger partial charge on any atom is 0.221 e. The molecular weight excluding hydrogens is 366 g/mol. The van der Waals surface area contributed by atoms with Crippen LogP contribution in [-0.2, 0) is 0 Å². The Hall–Kier alpha value is -2.50. The monoisotopic (exact) mass is 390 g/mol. The Bertz CT molecular complexity index is 1100. The molecule has 4 nitrogen and oxygen atoms in total. The number of hydrogen-bond donors (Lipinski definition) is 2. The van der Waals surface area contributed by atoms with E-state index in [9.17, 15) is 4.79 Å². The lowest BCUT2D eigenvalue weighted by atomic mass is 9.94. The van der Waals surface area contributed by atoms with Crippen LogP contribution >= 0.6 is 11.3 Å². The number of carbonyl (C=O) groups excluding carboxylic acids is 1. The minimum atomic E-state index is -0.0180. The largest absolute Gasteiger partial charge is 0.360 e. The van der Waals surface area contributed by atoms with Gasteiger partial charge in [-0.2, -0.15) is 0 Å². The lowest BCUT2D eigenvalue weighted by Crippen LogP contribution is -3.17. The first-order chi connectivity index (χ1) is 13.7. The predicted molar refractivity (Wildman–Crippen MR) is 114 cm³/mol. The van der Waals surface area contributed by atoms with Gasteiger partial charge in [-0.15, -0.1) is 11.3 Å². The van der Waals surface area contributed by atoms with E-state index < -0.39 is 0 Å². The predicted octanol–water partition coefficient (Wildman–Crippen LogP) is 3.81. The van der Waals surface area contributed by atoms with Gasteiger partial charge >= 0.3 is 0 Å². The number of carbonyl (C=O) groups is 1. The van der Waals surface area contributed by atoms with E-state index in [4.69, 9.17) is 4.98 Å². The van der Waals surface area contributed by atoms with E-state index >= 15 is 0 Å².